The van der Waals surface area contributed by atoms with Crippen LogP contribution < -0.4 is 14.2 Å². The number of nitro benzene ring substituents is 1. The molecule has 4 rings (SSSR count). The summed E-state index contributed by atoms with van der Waals surface area (Å²) in [7, 11) is 3.24. The Hall–Kier alpha value is -4.40. The van der Waals surface area contributed by atoms with Gasteiger partial charge in [0.25, 0.3) is 5.69 Å². The second kappa shape index (κ2) is 15.0. The summed E-state index contributed by atoms with van der Waals surface area (Å²) in [5.74, 6) is 1.72. The lowest BCUT2D eigenvalue weighted by molar-refractivity contribution is -0.385. The molecular formula is C34H38N2O6. The molecule has 1 N–H and O–H groups in total. The normalized spacial score (nSPS) is 12.5. The Labute approximate surface area is 247 Å². The Morgan fingerprint density at radius 1 is 0.833 bits per heavy atom. The zero-order valence-electron chi connectivity index (χ0n) is 24.3. The van der Waals surface area contributed by atoms with Crippen molar-refractivity contribution in [3.63, 3.8) is 0 Å². The van der Waals surface area contributed by atoms with Crippen LogP contribution in [0.25, 0.3) is 0 Å². The van der Waals surface area contributed by atoms with Gasteiger partial charge in [0.1, 0.15) is 12.4 Å². The smallest absolute Gasteiger partial charge is 0.273 e. The first kappa shape index (κ1) is 30.6. The molecule has 0 aliphatic carbocycles. The number of nitrogens with zero attached hydrogens (tertiary/aromatic N) is 2. The highest BCUT2D eigenvalue weighted by atomic mass is 16.6. The molecule has 0 aliphatic rings. The van der Waals surface area contributed by atoms with Gasteiger partial charge in [0.2, 0.25) is 0 Å². The predicted octanol–water partition coefficient (Wildman–Crippen LogP) is 6.75. The standard InChI is InChI=1S/C34H38N2O6/c1-25(14-15-26-16-17-33(40-2)34(18-26)41-3)35(22-27-10-6-4-7-11-27)23-32(37)29-19-30(36(38)39)21-31(20-29)42-24-28-12-8-5-9-13-28/h4-13,16-21,25,32,37H,14-15,22-24H2,1-3H3. The van der Waals surface area contributed by atoms with Crippen molar-refractivity contribution in [2.24, 2.45) is 0 Å². The zero-order valence-corrected chi connectivity index (χ0v) is 24.3. The molecule has 0 bridgehead atoms. The minimum atomic E-state index is -0.962. The molecule has 2 atom stereocenters. The van der Waals surface area contributed by atoms with Crippen molar-refractivity contribution in [2.45, 2.75) is 45.1 Å². The summed E-state index contributed by atoms with van der Waals surface area (Å²) >= 11 is 0. The Balaban J connectivity index is 1.51. The van der Waals surface area contributed by atoms with Crippen LogP contribution in [-0.4, -0.2) is 41.7 Å². The fourth-order valence-corrected chi connectivity index (χ4v) is 4.87. The van der Waals surface area contributed by atoms with Gasteiger partial charge in [-0.1, -0.05) is 66.7 Å². The van der Waals surface area contributed by atoms with E-state index in [-0.39, 0.29) is 18.3 Å². The van der Waals surface area contributed by atoms with Gasteiger partial charge in [-0.2, -0.15) is 0 Å². The minimum absolute atomic E-state index is 0.0976. The van der Waals surface area contributed by atoms with Crippen LogP contribution in [-0.2, 0) is 19.6 Å². The van der Waals surface area contributed by atoms with Gasteiger partial charge in [-0.25, -0.2) is 0 Å². The number of aliphatic hydroxyl groups excluding tert-OH is 1. The van der Waals surface area contributed by atoms with Crippen LogP contribution in [0.15, 0.2) is 97.1 Å². The lowest BCUT2D eigenvalue weighted by Gasteiger charge is -2.31. The number of hydrogen-bond acceptors (Lipinski definition) is 7. The monoisotopic (exact) mass is 570 g/mol. The maximum atomic E-state index is 11.7. The van der Waals surface area contributed by atoms with E-state index in [1.54, 1.807) is 20.3 Å². The molecule has 0 saturated carbocycles. The van der Waals surface area contributed by atoms with Gasteiger partial charge >= 0.3 is 0 Å². The highest BCUT2D eigenvalue weighted by Crippen LogP contribution is 2.30. The number of aliphatic hydroxyl groups is 1. The number of ether oxygens (including phenoxy) is 3. The average molecular weight is 571 g/mol. The summed E-state index contributed by atoms with van der Waals surface area (Å²) in [5, 5.41) is 23.1. The number of benzene rings is 4. The summed E-state index contributed by atoms with van der Waals surface area (Å²) in [6.45, 7) is 3.32. The molecule has 4 aromatic rings. The summed E-state index contributed by atoms with van der Waals surface area (Å²) in [6.07, 6.45) is 0.670. The summed E-state index contributed by atoms with van der Waals surface area (Å²) in [4.78, 5) is 13.5. The first-order valence-corrected chi connectivity index (χ1v) is 14.0. The zero-order chi connectivity index (χ0) is 29.9. The van der Waals surface area contributed by atoms with E-state index in [9.17, 15) is 15.2 Å². The summed E-state index contributed by atoms with van der Waals surface area (Å²) in [5.41, 5.74) is 3.51. The Morgan fingerprint density at radius 2 is 1.50 bits per heavy atom. The lowest BCUT2D eigenvalue weighted by atomic mass is 10.0. The van der Waals surface area contributed by atoms with Crippen LogP contribution in [0.1, 0.15) is 41.7 Å². The van der Waals surface area contributed by atoms with E-state index in [0.29, 0.717) is 35.9 Å². The van der Waals surface area contributed by atoms with Gasteiger partial charge in [-0.3, -0.25) is 15.0 Å². The molecule has 0 saturated heterocycles. The fraction of sp³-hybridized carbons (Fsp3) is 0.294. The molecule has 0 spiro atoms. The molecule has 0 aliphatic heterocycles. The van der Waals surface area contributed by atoms with Crippen molar-refractivity contribution in [1.29, 1.82) is 0 Å². The van der Waals surface area contributed by atoms with Crippen LogP contribution in [0.2, 0.25) is 0 Å². The SMILES string of the molecule is COc1ccc(CCC(C)N(Cc2ccccc2)CC(O)c2cc(OCc3ccccc3)cc([N+](=O)[O-])c2)cc1OC. The third-order valence-electron chi connectivity index (χ3n) is 7.32. The summed E-state index contributed by atoms with van der Waals surface area (Å²) in [6, 6.07) is 30.2. The minimum Gasteiger partial charge on any atom is -0.493 e. The van der Waals surface area contributed by atoms with E-state index in [4.69, 9.17) is 14.2 Å². The quantitative estimate of drug-likeness (QED) is 0.125. The second-order valence-corrected chi connectivity index (χ2v) is 10.3. The maximum absolute atomic E-state index is 11.7. The fourth-order valence-electron chi connectivity index (χ4n) is 4.87. The van der Waals surface area contributed by atoms with Gasteiger partial charge in [0, 0.05) is 25.2 Å². The highest BCUT2D eigenvalue weighted by Gasteiger charge is 2.22. The first-order chi connectivity index (χ1) is 20.4. The predicted molar refractivity (Wildman–Crippen MR) is 163 cm³/mol. The molecule has 0 radical (unpaired) electrons. The van der Waals surface area contributed by atoms with Gasteiger partial charge < -0.3 is 19.3 Å². The van der Waals surface area contributed by atoms with Gasteiger partial charge in [-0.15, -0.1) is 0 Å². The molecule has 8 nitrogen and oxygen atoms in total. The number of hydrogen-bond donors (Lipinski definition) is 1. The molecule has 0 fully saturated rings. The van der Waals surface area contributed by atoms with Crippen molar-refractivity contribution in [1.82, 2.24) is 4.90 Å². The lowest BCUT2D eigenvalue weighted by Crippen LogP contribution is -2.36. The van der Waals surface area contributed by atoms with Crippen LogP contribution >= 0.6 is 0 Å². The Morgan fingerprint density at radius 3 is 2.14 bits per heavy atom. The van der Waals surface area contributed by atoms with E-state index in [1.807, 2.05) is 66.7 Å². The molecule has 2 unspecified atom stereocenters. The molecule has 42 heavy (non-hydrogen) atoms. The molecule has 220 valence electrons. The van der Waals surface area contributed by atoms with Crippen molar-refractivity contribution in [3.05, 3.63) is 129 Å². The van der Waals surface area contributed by atoms with Crippen molar-refractivity contribution < 1.29 is 24.2 Å². The van der Waals surface area contributed by atoms with Crippen molar-refractivity contribution in [2.75, 3.05) is 20.8 Å². The second-order valence-electron chi connectivity index (χ2n) is 10.3. The van der Waals surface area contributed by atoms with Crippen molar-refractivity contribution in [3.8, 4) is 17.2 Å². The number of methoxy groups -OCH3 is 2. The van der Waals surface area contributed by atoms with E-state index in [0.717, 1.165) is 29.5 Å². The van der Waals surface area contributed by atoms with Crippen LogP contribution in [0, 0.1) is 10.1 Å². The van der Waals surface area contributed by atoms with E-state index >= 15 is 0 Å². The van der Waals surface area contributed by atoms with Gasteiger partial charge in [0.15, 0.2) is 11.5 Å². The van der Waals surface area contributed by atoms with Crippen LogP contribution in [0.4, 0.5) is 5.69 Å². The number of non-ortho nitro benzene ring substituents is 1. The van der Waals surface area contributed by atoms with Crippen molar-refractivity contribution >= 4 is 5.69 Å². The Kier molecular flexibility index (Phi) is 10.9. The van der Waals surface area contributed by atoms with Gasteiger partial charge in [-0.05, 0) is 60.2 Å². The summed E-state index contributed by atoms with van der Waals surface area (Å²) < 4.78 is 16.7. The van der Waals surface area contributed by atoms with Crippen LogP contribution in [0.5, 0.6) is 17.2 Å². The molecular weight excluding hydrogens is 532 g/mol. The number of nitro groups is 1. The Bertz CT molecular complexity index is 1430. The van der Waals surface area contributed by atoms with Gasteiger partial charge in [0.05, 0.1) is 31.3 Å². The van der Waals surface area contributed by atoms with Crippen LogP contribution in [0.3, 0.4) is 0 Å². The van der Waals surface area contributed by atoms with E-state index in [2.05, 4.69) is 24.0 Å². The van der Waals surface area contributed by atoms with E-state index in [1.165, 1.54) is 12.1 Å². The highest BCUT2D eigenvalue weighted by molar-refractivity contribution is 5.44. The van der Waals surface area contributed by atoms with E-state index < -0.39 is 11.0 Å². The largest absolute Gasteiger partial charge is 0.493 e. The molecule has 8 heteroatoms. The average Bonchev–Trinajstić information content (AvgIpc) is 3.02. The maximum Gasteiger partial charge on any atom is 0.273 e. The molecule has 0 amide bonds. The molecule has 0 aromatic heterocycles. The first-order valence-electron chi connectivity index (χ1n) is 14.0. The topological polar surface area (TPSA) is 94.3 Å². The third kappa shape index (κ3) is 8.55. The third-order valence-corrected chi connectivity index (χ3v) is 7.32. The molecule has 4 aromatic carbocycles. The number of rotatable bonds is 15. The number of aryl methyl sites for hydroxylation is 1. The molecule has 0 heterocycles.